The van der Waals surface area contributed by atoms with Gasteiger partial charge >= 0.3 is 0 Å². The van der Waals surface area contributed by atoms with Crippen LogP contribution in [0.5, 0.6) is 0 Å². The van der Waals surface area contributed by atoms with E-state index in [0.717, 1.165) is 32.1 Å². The van der Waals surface area contributed by atoms with Gasteiger partial charge in [-0.2, -0.15) is 0 Å². The Kier molecular flexibility index (Phi) is 46.3. The molecule has 0 bridgehead atoms. The van der Waals surface area contributed by atoms with Crippen LogP contribution >= 0.6 is 0 Å². The third-order valence-electron chi connectivity index (χ3n) is 11.7. The van der Waals surface area contributed by atoms with Crippen molar-refractivity contribution in [3.63, 3.8) is 0 Å². The fraction of sp³-hybridized carbons (Fsp3) is 0.902. The van der Waals surface area contributed by atoms with Crippen molar-refractivity contribution in [3.05, 3.63) is 24.3 Å². The molecule has 0 fully saturated rings. The molecule has 0 aromatic carbocycles. The second-order valence-electron chi connectivity index (χ2n) is 17.2. The van der Waals surface area contributed by atoms with Gasteiger partial charge in [-0.15, -0.1) is 0 Å². The van der Waals surface area contributed by atoms with E-state index in [2.05, 4.69) is 43.5 Å². The Labute approximate surface area is 345 Å². The van der Waals surface area contributed by atoms with Gasteiger partial charge in [0.05, 0.1) is 18.8 Å². The van der Waals surface area contributed by atoms with E-state index in [1.165, 1.54) is 218 Å². The number of hydrogen-bond donors (Lipinski definition) is 3. The Morgan fingerprint density at radius 1 is 0.436 bits per heavy atom. The molecule has 0 spiro atoms. The van der Waals surface area contributed by atoms with Crippen molar-refractivity contribution in [3.8, 4) is 0 Å². The van der Waals surface area contributed by atoms with Gasteiger partial charge in [-0.1, -0.05) is 250 Å². The summed E-state index contributed by atoms with van der Waals surface area (Å²) in [5, 5.41) is 23.3. The molecule has 1 amide bonds. The van der Waals surface area contributed by atoms with Crippen LogP contribution < -0.4 is 5.32 Å². The fourth-order valence-corrected chi connectivity index (χ4v) is 7.86. The van der Waals surface area contributed by atoms with Crippen LogP contribution in [0.15, 0.2) is 24.3 Å². The third kappa shape index (κ3) is 43.8. The second kappa shape index (κ2) is 47.2. The minimum atomic E-state index is -0.658. The van der Waals surface area contributed by atoms with Crippen LogP contribution in [0.4, 0.5) is 0 Å². The van der Waals surface area contributed by atoms with Crippen molar-refractivity contribution >= 4 is 5.91 Å². The van der Waals surface area contributed by atoms with Crippen LogP contribution in [0, 0.1) is 0 Å². The highest BCUT2D eigenvalue weighted by molar-refractivity contribution is 5.76. The number of aliphatic hydroxyl groups excluding tert-OH is 2. The van der Waals surface area contributed by atoms with E-state index in [-0.39, 0.29) is 12.5 Å². The molecule has 0 rings (SSSR count). The van der Waals surface area contributed by atoms with E-state index < -0.39 is 12.1 Å². The van der Waals surface area contributed by atoms with Crippen molar-refractivity contribution in [2.45, 2.75) is 289 Å². The number of allylic oxidation sites excluding steroid dienone is 4. The Bertz CT molecular complexity index is 795. The summed E-state index contributed by atoms with van der Waals surface area (Å²) in [6.07, 6.45) is 61.3. The third-order valence-corrected chi connectivity index (χ3v) is 11.7. The number of hydrogen-bond acceptors (Lipinski definition) is 3. The molecule has 0 aliphatic rings. The smallest absolute Gasteiger partial charge is 0.220 e. The van der Waals surface area contributed by atoms with Crippen molar-refractivity contribution in [1.29, 1.82) is 0 Å². The fourth-order valence-electron chi connectivity index (χ4n) is 7.86. The Morgan fingerprint density at radius 2 is 0.745 bits per heavy atom. The summed E-state index contributed by atoms with van der Waals surface area (Å²) < 4.78 is 0. The van der Waals surface area contributed by atoms with Crippen molar-refractivity contribution in [1.82, 2.24) is 5.32 Å². The van der Waals surface area contributed by atoms with Gasteiger partial charge in [-0.05, 0) is 44.9 Å². The highest BCUT2D eigenvalue weighted by atomic mass is 16.3. The van der Waals surface area contributed by atoms with Crippen LogP contribution in [0.3, 0.4) is 0 Å². The molecule has 0 saturated carbocycles. The molecule has 0 radical (unpaired) electrons. The summed E-state index contributed by atoms with van der Waals surface area (Å²) in [6, 6.07) is -0.535. The molecule has 0 aliphatic heterocycles. The molecule has 55 heavy (non-hydrogen) atoms. The van der Waals surface area contributed by atoms with Crippen LogP contribution in [0.1, 0.15) is 277 Å². The van der Waals surface area contributed by atoms with Gasteiger partial charge in [-0.3, -0.25) is 4.79 Å². The maximum absolute atomic E-state index is 12.5. The lowest BCUT2D eigenvalue weighted by molar-refractivity contribution is -0.123. The van der Waals surface area contributed by atoms with E-state index in [9.17, 15) is 15.0 Å². The molecule has 326 valence electrons. The zero-order valence-corrected chi connectivity index (χ0v) is 37.5. The number of nitrogens with one attached hydrogen (secondary N) is 1. The largest absolute Gasteiger partial charge is 0.394 e. The first-order valence-electron chi connectivity index (χ1n) is 25.0. The standard InChI is InChI=1S/C51H99NO3/c1-3-5-7-9-11-13-15-17-19-21-23-24-25-26-27-28-29-31-33-35-37-39-41-43-45-47-51(55)52-49(48-53)50(54)46-44-42-40-38-36-34-32-30-22-20-18-16-14-12-10-8-6-4-2/h15,17,21,23,49-50,53-54H,3-14,16,18-20,22,24-48H2,1-2H3,(H,52,55)/b17-15-,23-21-. The number of carbonyl (C=O) groups is 1. The first-order chi connectivity index (χ1) is 27.2. The van der Waals surface area contributed by atoms with Crippen molar-refractivity contribution < 1.29 is 15.0 Å². The van der Waals surface area contributed by atoms with E-state index in [0.29, 0.717) is 12.8 Å². The average Bonchev–Trinajstić information content (AvgIpc) is 3.19. The van der Waals surface area contributed by atoms with Gasteiger partial charge in [0.25, 0.3) is 0 Å². The lowest BCUT2D eigenvalue weighted by atomic mass is 10.0. The summed E-state index contributed by atoms with van der Waals surface area (Å²) >= 11 is 0. The van der Waals surface area contributed by atoms with E-state index >= 15 is 0 Å². The van der Waals surface area contributed by atoms with Crippen LogP contribution in [-0.2, 0) is 4.79 Å². The summed E-state index contributed by atoms with van der Waals surface area (Å²) in [5.41, 5.74) is 0. The monoisotopic (exact) mass is 774 g/mol. The normalized spacial score (nSPS) is 13.0. The van der Waals surface area contributed by atoms with Crippen molar-refractivity contribution in [2.24, 2.45) is 0 Å². The summed E-state index contributed by atoms with van der Waals surface area (Å²) in [4.78, 5) is 12.5. The van der Waals surface area contributed by atoms with Crippen LogP contribution in [0.2, 0.25) is 0 Å². The Hall–Kier alpha value is -1.13. The zero-order chi connectivity index (χ0) is 40.0. The molecule has 0 aliphatic carbocycles. The minimum Gasteiger partial charge on any atom is -0.394 e. The highest BCUT2D eigenvalue weighted by Crippen LogP contribution is 2.17. The molecule has 0 saturated heterocycles. The lowest BCUT2D eigenvalue weighted by Crippen LogP contribution is -2.45. The summed E-state index contributed by atoms with van der Waals surface area (Å²) in [7, 11) is 0. The molecule has 0 aromatic rings. The summed E-state index contributed by atoms with van der Waals surface area (Å²) in [5.74, 6) is -0.0288. The van der Waals surface area contributed by atoms with Gasteiger partial charge < -0.3 is 15.5 Å². The average molecular weight is 774 g/mol. The first-order valence-corrected chi connectivity index (χ1v) is 25.0. The van der Waals surface area contributed by atoms with E-state index in [4.69, 9.17) is 0 Å². The van der Waals surface area contributed by atoms with Crippen LogP contribution in [0.25, 0.3) is 0 Å². The first kappa shape index (κ1) is 53.9. The molecule has 0 aromatic heterocycles. The number of amides is 1. The van der Waals surface area contributed by atoms with Gasteiger partial charge in [0.15, 0.2) is 0 Å². The lowest BCUT2D eigenvalue weighted by Gasteiger charge is -2.22. The maximum atomic E-state index is 12.5. The Balaban J connectivity index is 3.47. The predicted molar refractivity (Wildman–Crippen MR) is 244 cm³/mol. The van der Waals surface area contributed by atoms with Crippen molar-refractivity contribution in [2.75, 3.05) is 6.61 Å². The molecular weight excluding hydrogens is 675 g/mol. The topological polar surface area (TPSA) is 69.6 Å². The summed E-state index contributed by atoms with van der Waals surface area (Å²) in [6.45, 7) is 4.37. The zero-order valence-electron chi connectivity index (χ0n) is 37.5. The van der Waals surface area contributed by atoms with E-state index in [1.54, 1.807) is 0 Å². The molecule has 4 nitrogen and oxygen atoms in total. The SMILES string of the molecule is CCCCCCC/C=C\C/C=C\CCCCCCCCCCCCCCCC(=O)NC(CO)C(O)CCCCCCCCCCCCCCCCCCCC. The highest BCUT2D eigenvalue weighted by Gasteiger charge is 2.20. The molecule has 0 heterocycles. The Morgan fingerprint density at radius 3 is 1.09 bits per heavy atom. The number of aliphatic hydroxyl groups is 2. The molecule has 2 atom stereocenters. The second-order valence-corrected chi connectivity index (χ2v) is 17.2. The van der Waals surface area contributed by atoms with Gasteiger partial charge in [0.1, 0.15) is 0 Å². The van der Waals surface area contributed by atoms with Gasteiger partial charge in [-0.25, -0.2) is 0 Å². The number of unbranched alkanes of at least 4 members (excludes halogenated alkanes) is 35. The molecule has 4 heteroatoms. The maximum Gasteiger partial charge on any atom is 0.220 e. The van der Waals surface area contributed by atoms with Gasteiger partial charge in [0.2, 0.25) is 5.91 Å². The minimum absolute atomic E-state index is 0.0288. The number of carbonyl (C=O) groups excluding carboxylic acids is 1. The van der Waals surface area contributed by atoms with Gasteiger partial charge in [0, 0.05) is 6.42 Å². The quantitative estimate of drug-likeness (QED) is 0.0426. The molecule has 2 unspecified atom stereocenters. The predicted octanol–water partition coefficient (Wildman–Crippen LogP) is 16.0. The molecular formula is C51H99NO3. The van der Waals surface area contributed by atoms with Crippen LogP contribution in [-0.4, -0.2) is 34.9 Å². The number of rotatable bonds is 46. The van der Waals surface area contributed by atoms with E-state index in [1.807, 2.05) is 0 Å². The molecule has 3 N–H and O–H groups in total.